The van der Waals surface area contributed by atoms with Gasteiger partial charge in [0.05, 0.1) is 5.02 Å². The summed E-state index contributed by atoms with van der Waals surface area (Å²) >= 11 is 12.8. The third kappa shape index (κ3) is 3.13. The molecule has 1 aromatic heterocycles. The number of carbonyl (C=O) groups is 1. The normalized spacial score (nSPS) is 12.8. The number of carboxylic acids is 1. The second-order valence-corrected chi connectivity index (χ2v) is 4.90. The maximum atomic E-state index is 10.3. The molecule has 1 rings (SSSR count). The van der Waals surface area contributed by atoms with Crippen LogP contribution >= 0.6 is 34.5 Å². The van der Waals surface area contributed by atoms with Gasteiger partial charge in [-0.15, -0.1) is 11.3 Å². The highest BCUT2D eigenvalue weighted by Gasteiger charge is 2.13. The Labute approximate surface area is 95.4 Å². The Morgan fingerprint density at radius 1 is 1.64 bits per heavy atom. The van der Waals surface area contributed by atoms with Gasteiger partial charge in [-0.05, 0) is 12.5 Å². The topological polar surface area (TPSA) is 63.3 Å². The molecule has 0 aliphatic rings. The van der Waals surface area contributed by atoms with Crippen molar-refractivity contribution >= 4 is 40.5 Å². The fourth-order valence-corrected chi connectivity index (χ4v) is 2.40. The number of carboxylic acid groups (broad SMARTS) is 1. The molecule has 1 aromatic rings. The van der Waals surface area contributed by atoms with Crippen molar-refractivity contribution in [1.29, 1.82) is 0 Å². The second-order valence-electron chi connectivity index (χ2n) is 2.81. The summed E-state index contributed by atoms with van der Waals surface area (Å²) in [7, 11) is 0. The molecule has 6 heteroatoms. The molecule has 0 aliphatic carbocycles. The monoisotopic (exact) mass is 253 g/mol. The summed E-state index contributed by atoms with van der Waals surface area (Å²) in [6, 6.07) is 1.38. The van der Waals surface area contributed by atoms with Gasteiger partial charge in [-0.3, -0.25) is 4.79 Å². The van der Waals surface area contributed by atoms with Gasteiger partial charge < -0.3 is 10.8 Å². The summed E-state index contributed by atoms with van der Waals surface area (Å²) in [5.74, 6) is -0.853. The average molecular weight is 254 g/mol. The first-order chi connectivity index (χ1) is 6.50. The van der Waals surface area contributed by atoms with Gasteiger partial charge in [0.25, 0.3) is 0 Å². The average Bonchev–Trinajstić information content (AvgIpc) is 2.43. The quantitative estimate of drug-likeness (QED) is 0.868. The van der Waals surface area contributed by atoms with Gasteiger partial charge >= 0.3 is 5.97 Å². The van der Waals surface area contributed by atoms with Crippen molar-refractivity contribution in [3.8, 4) is 0 Å². The van der Waals surface area contributed by atoms with Crippen LogP contribution in [0.25, 0.3) is 0 Å². The number of hydrogen-bond donors (Lipinski definition) is 2. The molecule has 0 aromatic carbocycles. The Morgan fingerprint density at radius 3 is 2.71 bits per heavy atom. The van der Waals surface area contributed by atoms with Crippen molar-refractivity contribution in [3.05, 3.63) is 20.3 Å². The minimum Gasteiger partial charge on any atom is -0.481 e. The summed E-state index contributed by atoms with van der Waals surface area (Å²) in [5, 5.41) is 8.93. The molecule has 0 fully saturated rings. The summed E-state index contributed by atoms with van der Waals surface area (Å²) in [6.07, 6.45) is 0.441. The summed E-state index contributed by atoms with van der Waals surface area (Å²) in [6.45, 7) is 0. The molecule has 0 saturated heterocycles. The maximum Gasteiger partial charge on any atom is 0.303 e. The van der Waals surface area contributed by atoms with Crippen LogP contribution in [-0.4, -0.2) is 11.1 Å². The molecule has 1 heterocycles. The molecule has 0 bridgehead atoms. The van der Waals surface area contributed by atoms with Crippen LogP contribution in [0.3, 0.4) is 0 Å². The Morgan fingerprint density at radius 2 is 2.29 bits per heavy atom. The molecular weight excluding hydrogens is 245 g/mol. The lowest BCUT2D eigenvalue weighted by Gasteiger charge is -2.06. The fourth-order valence-electron chi connectivity index (χ4n) is 0.967. The number of nitrogens with two attached hydrogens (primary N) is 1. The Bertz CT molecular complexity index is 321. The van der Waals surface area contributed by atoms with Crippen molar-refractivity contribution in [2.24, 2.45) is 5.73 Å². The molecule has 1 atom stereocenters. The van der Waals surface area contributed by atoms with Crippen LogP contribution in [0, 0.1) is 0 Å². The SMILES string of the molecule is NC(CCC(=O)O)c1cc(Cl)c(Cl)s1. The molecule has 0 aliphatic heterocycles. The van der Waals surface area contributed by atoms with Gasteiger partial charge in [-0.25, -0.2) is 0 Å². The lowest BCUT2D eigenvalue weighted by Crippen LogP contribution is -2.10. The summed E-state index contributed by atoms with van der Waals surface area (Å²) < 4.78 is 0.493. The van der Waals surface area contributed by atoms with E-state index in [-0.39, 0.29) is 12.5 Å². The Balaban J connectivity index is 2.60. The predicted octanol–water partition coefficient (Wildman–Crippen LogP) is 2.92. The minimum absolute atomic E-state index is 0.0499. The van der Waals surface area contributed by atoms with Crippen molar-refractivity contribution in [2.45, 2.75) is 18.9 Å². The number of aliphatic carboxylic acids is 1. The van der Waals surface area contributed by atoms with Crippen LogP contribution in [0.4, 0.5) is 0 Å². The maximum absolute atomic E-state index is 10.3. The van der Waals surface area contributed by atoms with E-state index in [1.54, 1.807) is 6.07 Å². The van der Waals surface area contributed by atoms with E-state index in [0.29, 0.717) is 15.8 Å². The van der Waals surface area contributed by atoms with E-state index < -0.39 is 5.97 Å². The van der Waals surface area contributed by atoms with Crippen LogP contribution in [0.15, 0.2) is 6.07 Å². The highest BCUT2D eigenvalue weighted by atomic mass is 35.5. The summed E-state index contributed by atoms with van der Waals surface area (Å²) in [5.41, 5.74) is 5.76. The van der Waals surface area contributed by atoms with E-state index in [9.17, 15) is 4.79 Å². The molecule has 1 unspecified atom stereocenters. The molecule has 0 radical (unpaired) electrons. The Hall–Kier alpha value is -0.290. The van der Waals surface area contributed by atoms with Gasteiger partial charge in [0.2, 0.25) is 0 Å². The predicted molar refractivity (Wildman–Crippen MR) is 58.1 cm³/mol. The summed E-state index contributed by atoms with van der Waals surface area (Å²) in [4.78, 5) is 11.1. The number of halogens is 2. The zero-order valence-electron chi connectivity index (χ0n) is 7.17. The first kappa shape index (κ1) is 11.8. The standard InChI is InChI=1S/C8H9Cl2NO2S/c9-4-3-6(14-8(4)10)5(11)1-2-7(12)13/h3,5H,1-2,11H2,(H,12,13). The molecule has 3 nitrogen and oxygen atoms in total. The van der Waals surface area contributed by atoms with E-state index in [2.05, 4.69) is 0 Å². The molecule has 14 heavy (non-hydrogen) atoms. The largest absolute Gasteiger partial charge is 0.481 e. The molecule has 0 amide bonds. The molecule has 78 valence electrons. The second kappa shape index (κ2) is 4.98. The smallest absolute Gasteiger partial charge is 0.303 e. The van der Waals surface area contributed by atoms with Gasteiger partial charge in [0, 0.05) is 17.3 Å². The third-order valence-corrected chi connectivity index (χ3v) is 3.70. The van der Waals surface area contributed by atoms with Gasteiger partial charge in [0.15, 0.2) is 0 Å². The van der Waals surface area contributed by atoms with Crippen LogP contribution in [-0.2, 0) is 4.79 Å². The van der Waals surface area contributed by atoms with E-state index in [4.69, 9.17) is 34.0 Å². The molecular formula is C8H9Cl2NO2S. The molecule has 0 spiro atoms. The van der Waals surface area contributed by atoms with Crippen LogP contribution in [0.1, 0.15) is 23.8 Å². The zero-order valence-corrected chi connectivity index (χ0v) is 9.49. The van der Waals surface area contributed by atoms with Crippen LogP contribution in [0.5, 0.6) is 0 Å². The lowest BCUT2D eigenvalue weighted by atomic mass is 10.1. The van der Waals surface area contributed by atoms with Crippen molar-refractivity contribution < 1.29 is 9.90 Å². The van der Waals surface area contributed by atoms with E-state index in [1.165, 1.54) is 11.3 Å². The van der Waals surface area contributed by atoms with Crippen molar-refractivity contribution in [2.75, 3.05) is 0 Å². The van der Waals surface area contributed by atoms with Gasteiger partial charge in [-0.2, -0.15) is 0 Å². The van der Waals surface area contributed by atoms with Crippen molar-refractivity contribution in [1.82, 2.24) is 0 Å². The van der Waals surface area contributed by atoms with Crippen LogP contribution in [0.2, 0.25) is 9.36 Å². The zero-order chi connectivity index (χ0) is 10.7. The number of rotatable bonds is 4. The van der Waals surface area contributed by atoms with E-state index in [0.717, 1.165) is 4.88 Å². The Kier molecular flexibility index (Phi) is 4.19. The molecule has 3 N–H and O–H groups in total. The van der Waals surface area contributed by atoms with E-state index >= 15 is 0 Å². The van der Waals surface area contributed by atoms with Crippen molar-refractivity contribution in [3.63, 3.8) is 0 Å². The first-order valence-corrected chi connectivity index (χ1v) is 5.50. The first-order valence-electron chi connectivity index (χ1n) is 3.93. The van der Waals surface area contributed by atoms with Gasteiger partial charge in [0.1, 0.15) is 4.34 Å². The van der Waals surface area contributed by atoms with Crippen LogP contribution < -0.4 is 5.73 Å². The molecule has 0 saturated carbocycles. The highest BCUT2D eigenvalue weighted by molar-refractivity contribution is 7.17. The number of hydrogen-bond acceptors (Lipinski definition) is 3. The lowest BCUT2D eigenvalue weighted by molar-refractivity contribution is -0.137. The fraction of sp³-hybridized carbons (Fsp3) is 0.375. The minimum atomic E-state index is -0.853. The third-order valence-electron chi connectivity index (χ3n) is 1.70. The number of thiophene rings is 1. The highest BCUT2D eigenvalue weighted by Crippen LogP contribution is 2.35. The van der Waals surface area contributed by atoms with Gasteiger partial charge in [-0.1, -0.05) is 23.2 Å². The van der Waals surface area contributed by atoms with E-state index in [1.807, 2.05) is 0 Å².